The molecule has 0 unspecified atom stereocenters. The molecule has 1 atom stereocenters. The second kappa shape index (κ2) is 4.08. The van der Waals surface area contributed by atoms with E-state index >= 15 is 0 Å². The fourth-order valence-electron chi connectivity index (χ4n) is 2.49. The maximum Gasteiger partial charge on any atom is 0.336 e. The number of aromatic carboxylic acids is 1. The summed E-state index contributed by atoms with van der Waals surface area (Å²) < 4.78 is 0.687. The summed E-state index contributed by atoms with van der Waals surface area (Å²) in [6.45, 7) is 0. The van der Waals surface area contributed by atoms with Crippen LogP contribution >= 0.6 is 15.9 Å². The fourth-order valence-corrected chi connectivity index (χ4v) is 2.84. The third kappa shape index (κ3) is 1.66. The zero-order valence-corrected chi connectivity index (χ0v) is 11.3. The molecule has 0 fully saturated rings. The van der Waals surface area contributed by atoms with Gasteiger partial charge in [-0.3, -0.25) is 0 Å². The summed E-state index contributed by atoms with van der Waals surface area (Å²) in [5.74, 6) is -1.01. The molecule has 1 aliphatic rings. The van der Waals surface area contributed by atoms with Crippen molar-refractivity contribution in [2.45, 2.75) is 6.10 Å². The summed E-state index contributed by atoms with van der Waals surface area (Å²) in [5, 5.41) is 19.6. The van der Waals surface area contributed by atoms with Gasteiger partial charge in [0.05, 0.1) is 5.56 Å². The van der Waals surface area contributed by atoms with E-state index in [0.29, 0.717) is 32.4 Å². The molecule has 0 amide bonds. The molecule has 0 spiro atoms. The zero-order valence-electron chi connectivity index (χ0n) is 9.72. The van der Waals surface area contributed by atoms with E-state index in [2.05, 4.69) is 15.9 Å². The van der Waals surface area contributed by atoms with E-state index < -0.39 is 12.1 Å². The predicted octanol–water partition coefficient (Wildman–Crippen LogP) is 2.79. The fraction of sp³-hybridized carbons (Fsp3) is 0.0714. The summed E-state index contributed by atoms with van der Waals surface area (Å²) in [7, 11) is 0. The number of nitrogen functional groups attached to an aromatic ring is 1. The summed E-state index contributed by atoms with van der Waals surface area (Å²) >= 11 is 3.33. The van der Waals surface area contributed by atoms with E-state index in [1.165, 1.54) is 6.07 Å². The number of fused-ring (bicyclic) bond motifs is 3. The van der Waals surface area contributed by atoms with Crippen LogP contribution in [0.25, 0.3) is 11.1 Å². The van der Waals surface area contributed by atoms with Crippen molar-refractivity contribution in [1.82, 2.24) is 0 Å². The second-order valence-corrected chi connectivity index (χ2v) is 5.29. The smallest absolute Gasteiger partial charge is 0.336 e. The summed E-state index contributed by atoms with van der Waals surface area (Å²) in [5.41, 5.74) is 9.04. The lowest BCUT2D eigenvalue weighted by Crippen LogP contribution is -2.00. The Morgan fingerprint density at radius 2 is 2.00 bits per heavy atom. The number of carboxylic acids is 1. The molecule has 4 nitrogen and oxygen atoms in total. The van der Waals surface area contributed by atoms with Gasteiger partial charge in [0.1, 0.15) is 6.10 Å². The van der Waals surface area contributed by atoms with Gasteiger partial charge < -0.3 is 15.9 Å². The number of aliphatic hydroxyl groups is 1. The van der Waals surface area contributed by atoms with Gasteiger partial charge >= 0.3 is 5.97 Å². The lowest BCUT2D eigenvalue weighted by molar-refractivity contribution is 0.0697. The van der Waals surface area contributed by atoms with Crippen LogP contribution in [-0.4, -0.2) is 16.2 Å². The highest BCUT2D eigenvalue weighted by molar-refractivity contribution is 9.10. The molecule has 0 aliphatic heterocycles. The van der Waals surface area contributed by atoms with Gasteiger partial charge in [0.25, 0.3) is 0 Å². The molecule has 0 saturated carbocycles. The van der Waals surface area contributed by atoms with Gasteiger partial charge in [0.15, 0.2) is 0 Å². The number of hydrogen-bond acceptors (Lipinski definition) is 3. The van der Waals surface area contributed by atoms with Gasteiger partial charge in [0, 0.05) is 15.7 Å². The number of rotatable bonds is 1. The molecule has 0 radical (unpaired) electrons. The summed E-state index contributed by atoms with van der Waals surface area (Å²) in [4.78, 5) is 11.3. The van der Waals surface area contributed by atoms with E-state index in [1.54, 1.807) is 24.3 Å². The molecule has 0 bridgehead atoms. The van der Waals surface area contributed by atoms with Gasteiger partial charge in [0.2, 0.25) is 0 Å². The average molecular weight is 320 g/mol. The maximum absolute atomic E-state index is 11.3. The minimum absolute atomic E-state index is 0.187. The predicted molar refractivity (Wildman–Crippen MR) is 75.0 cm³/mol. The van der Waals surface area contributed by atoms with E-state index in [0.717, 1.165) is 0 Å². The molecule has 5 heteroatoms. The van der Waals surface area contributed by atoms with E-state index in [-0.39, 0.29) is 5.56 Å². The van der Waals surface area contributed by atoms with Crippen molar-refractivity contribution in [2.75, 3.05) is 5.73 Å². The molecule has 2 aromatic rings. The summed E-state index contributed by atoms with van der Waals surface area (Å²) in [6.07, 6.45) is -0.834. The largest absolute Gasteiger partial charge is 0.478 e. The summed E-state index contributed by atoms with van der Waals surface area (Å²) in [6, 6.07) is 8.33. The van der Waals surface area contributed by atoms with Gasteiger partial charge in [-0.25, -0.2) is 4.79 Å². The van der Waals surface area contributed by atoms with Crippen molar-refractivity contribution in [3.05, 3.63) is 51.5 Å². The number of benzene rings is 2. The molecular weight excluding hydrogens is 310 g/mol. The Morgan fingerprint density at radius 3 is 2.68 bits per heavy atom. The minimum atomic E-state index is -1.01. The topological polar surface area (TPSA) is 83.6 Å². The monoisotopic (exact) mass is 319 g/mol. The molecule has 19 heavy (non-hydrogen) atoms. The van der Waals surface area contributed by atoms with Gasteiger partial charge in [-0.1, -0.05) is 12.1 Å². The lowest BCUT2D eigenvalue weighted by Gasteiger charge is -2.07. The van der Waals surface area contributed by atoms with E-state index in [9.17, 15) is 15.0 Å². The highest BCUT2D eigenvalue weighted by Gasteiger charge is 2.31. The number of halogens is 1. The van der Waals surface area contributed by atoms with Crippen molar-refractivity contribution in [3.63, 3.8) is 0 Å². The molecule has 0 aromatic heterocycles. The first-order valence-electron chi connectivity index (χ1n) is 5.64. The number of aliphatic hydroxyl groups excluding tert-OH is 1. The van der Waals surface area contributed by atoms with Crippen LogP contribution in [-0.2, 0) is 0 Å². The molecule has 3 rings (SSSR count). The van der Waals surface area contributed by atoms with Crippen molar-refractivity contribution >= 4 is 27.6 Å². The van der Waals surface area contributed by atoms with Crippen molar-refractivity contribution in [2.24, 2.45) is 0 Å². The highest BCUT2D eigenvalue weighted by Crippen LogP contribution is 2.47. The second-order valence-electron chi connectivity index (χ2n) is 4.44. The van der Waals surface area contributed by atoms with Crippen LogP contribution in [0.5, 0.6) is 0 Å². The Hall–Kier alpha value is -1.85. The molecule has 0 saturated heterocycles. The number of nitrogens with two attached hydrogens (primary N) is 1. The average Bonchev–Trinajstić information content (AvgIpc) is 2.64. The van der Waals surface area contributed by atoms with Gasteiger partial charge in [-0.2, -0.15) is 0 Å². The van der Waals surface area contributed by atoms with Crippen LogP contribution in [0.3, 0.4) is 0 Å². The molecular formula is C14H10BrNO3. The van der Waals surface area contributed by atoms with Gasteiger partial charge in [-0.15, -0.1) is 0 Å². The van der Waals surface area contributed by atoms with E-state index in [4.69, 9.17) is 5.73 Å². The number of anilines is 1. The number of carboxylic acid groups (broad SMARTS) is 1. The van der Waals surface area contributed by atoms with Crippen molar-refractivity contribution in [3.8, 4) is 11.1 Å². The Kier molecular flexibility index (Phi) is 2.62. The zero-order chi connectivity index (χ0) is 13.7. The number of hydrogen-bond donors (Lipinski definition) is 3. The van der Waals surface area contributed by atoms with Crippen LogP contribution in [0.2, 0.25) is 0 Å². The molecule has 2 aromatic carbocycles. The van der Waals surface area contributed by atoms with Crippen LogP contribution < -0.4 is 5.73 Å². The quantitative estimate of drug-likeness (QED) is 0.706. The molecule has 1 aliphatic carbocycles. The van der Waals surface area contributed by atoms with Crippen molar-refractivity contribution < 1.29 is 15.0 Å². The van der Waals surface area contributed by atoms with Gasteiger partial charge in [-0.05, 0) is 50.8 Å². The maximum atomic E-state index is 11.3. The van der Waals surface area contributed by atoms with Crippen LogP contribution in [0, 0.1) is 0 Å². The third-order valence-electron chi connectivity index (χ3n) is 3.35. The molecule has 4 N–H and O–H groups in total. The Labute approximate surface area is 117 Å². The van der Waals surface area contributed by atoms with Crippen molar-refractivity contribution in [1.29, 1.82) is 0 Å². The Balaban J connectivity index is 2.38. The first kappa shape index (κ1) is 12.2. The Bertz CT molecular complexity index is 712. The van der Waals surface area contributed by atoms with Crippen LogP contribution in [0.15, 0.2) is 34.8 Å². The lowest BCUT2D eigenvalue weighted by atomic mass is 9.99. The van der Waals surface area contributed by atoms with Crippen LogP contribution in [0.1, 0.15) is 27.6 Å². The SMILES string of the molecule is Nc1cc2c(cc1Br)-c1c(C(=O)O)cccc1[C@H]2O. The normalized spacial score (nSPS) is 16.0. The minimum Gasteiger partial charge on any atom is -0.478 e. The molecule has 0 heterocycles. The third-order valence-corrected chi connectivity index (χ3v) is 4.04. The number of carbonyl (C=O) groups is 1. The standard InChI is InChI=1S/C14H10BrNO3/c15-10-4-8-9(5-11(10)16)13(17)6-2-1-3-7(12(6)8)14(18)19/h1-5,13,17H,16H2,(H,18,19)/t13-/m1/s1. The first-order valence-corrected chi connectivity index (χ1v) is 6.43. The van der Waals surface area contributed by atoms with Crippen LogP contribution in [0.4, 0.5) is 5.69 Å². The highest BCUT2D eigenvalue weighted by atomic mass is 79.9. The first-order chi connectivity index (χ1) is 9.00. The molecule has 96 valence electrons. The Morgan fingerprint density at radius 1 is 1.26 bits per heavy atom. The van der Waals surface area contributed by atoms with E-state index in [1.807, 2.05) is 0 Å².